The third-order valence-electron chi connectivity index (χ3n) is 4.18. The van der Waals surface area contributed by atoms with E-state index in [2.05, 4.69) is 42.9 Å². The van der Waals surface area contributed by atoms with Gasteiger partial charge in [0.1, 0.15) is 0 Å². The number of rotatable bonds is 6. The van der Waals surface area contributed by atoms with Gasteiger partial charge >= 0.3 is 0 Å². The molecule has 2 rings (SSSR count). The van der Waals surface area contributed by atoms with Crippen LogP contribution in [0.15, 0.2) is 0 Å². The molecule has 0 aromatic heterocycles. The van der Waals surface area contributed by atoms with Crippen LogP contribution in [0.5, 0.6) is 0 Å². The monoisotopic (exact) mass is 239 g/mol. The van der Waals surface area contributed by atoms with E-state index in [4.69, 9.17) is 0 Å². The van der Waals surface area contributed by atoms with E-state index in [0.717, 1.165) is 6.04 Å². The Morgan fingerprint density at radius 3 is 2.53 bits per heavy atom. The summed E-state index contributed by atoms with van der Waals surface area (Å²) in [6, 6.07) is 2.93. The second-order valence-electron chi connectivity index (χ2n) is 6.31. The molecule has 0 amide bonds. The van der Waals surface area contributed by atoms with Crippen molar-refractivity contribution in [3.05, 3.63) is 0 Å². The molecule has 1 heterocycles. The second-order valence-corrected chi connectivity index (χ2v) is 6.31. The van der Waals surface area contributed by atoms with Crippen molar-refractivity contribution in [2.45, 2.75) is 64.2 Å². The van der Waals surface area contributed by atoms with Crippen LogP contribution in [-0.2, 0) is 0 Å². The summed E-state index contributed by atoms with van der Waals surface area (Å²) in [6.07, 6.45) is 4.15. The molecule has 2 aliphatic rings. The molecule has 3 heteroatoms. The van der Waals surface area contributed by atoms with Crippen LogP contribution in [0.2, 0.25) is 0 Å². The summed E-state index contributed by atoms with van der Waals surface area (Å²) >= 11 is 0. The summed E-state index contributed by atoms with van der Waals surface area (Å²) in [4.78, 5) is 5.20. The minimum absolute atomic E-state index is 0.617. The molecule has 0 spiro atoms. The molecule has 2 atom stereocenters. The summed E-state index contributed by atoms with van der Waals surface area (Å²) < 4.78 is 0. The standard InChI is InChI=1S/C14H29N3/c1-11(2)15-13-7-8-17(10-13)9-12(3)16(4)14-5-6-14/h11-15H,5-10H2,1-4H3. The largest absolute Gasteiger partial charge is 0.310 e. The predicted molar refractivity (Wildman–Crippen MR) is 73.4 cm³/mol. The first-order chi connectivity index (χ1) is 8.06. The van der Waals surface area contributed by atoms with Crippen LogP contribution in [0.25, 0.3) is 0 Å². The predicted octanol–water partition coefficient (Wildman–Crippen LogP) is 1.54. The normalized spacial score (nSPS) is 28.2. The smallest absolute Gasteiger partial charge is 0.0209 e. The van der Waals surface area contributed by atoms with Gasteiger partial charge in [-0.25, -0.2) is 0 Å². The zero-order chi connectivity index (χ0) is 12.4. The third kappa shape index (κ3) is 3.94. The fraction of sp³-hybridized carbons (Fsp3) is 1.00. The summed E-state index contributed by atoms with van der Waals surface area (Å²) in [7, 11) is 2.29. The first-order valence-corrected chi connectivity index (χ1v) is 7.26. The number of hydrogen-bond acceptors (Lipinski definition) is 3. The van der Waals surface area contributed by atoms with Gasteiger partial charge in [0.2, 0.25) is 0 Å². The molecule has 100 valence electrons. The Morgan fingerprint density at radius 2 is 1.94 bits per heavy atom. The van der Waals surface area contributed by atoms with Crippen LogP contribution in [0.3, 0.4) is 0 Å². The molecule has 17 heavy (non-hydrogen) atoms. The lowest BCUT2D eigenvalue weighted by atomic mass is 10.2. The second kappa shape index (κ2) is 5.68. The highest BCUT2D eigenvalue weighted by molar-refractivity contribution is 4.88. The number of nitrogens with zero attached hydrogens (tertiary/aromatic N) is 2. The molecule has 0 aromatic rings. The van der Waals surface area contributed by atoms with Crippen molar-refractivity contribution in [2.24, 2.45) is 0 Å². The van der Waals surface area contributed by atoms with Crippen molar-refractivity contribution in [3.63, 3.8) is 0 Å². The molecule has 1 saturated heterocycles. The molecule has 1 saturated carbocycles. The Hall–Kier alpha value is -0.120. The third-order valence-corrected chi connectivity index (χ3v) is 4.18. The van der Waals surface area contributed by atoms with E-state index in [1.54, 1.807) is 0 Å². The first-order valence-electron chi connectivity index (χ1n) is 7.26. The Balaban J connectivity index is 1.69. The molecular formula is C14H29N3. The average molecular weight is 239 g/mol. The van der Waals surface area contributed by atoms with E-state index in [-0.39, 0.29) is 0 Å². The van der Waals surface area contributed by atoms with Crippen LogP contribution in [0.4, 0.5) is 0 Å². The van der Waals surface area contributed by atoms with Crippen molar-refractivity contribution in [3.8, 4) is 0 Å². The highest BCUT2D eigenvalue weighted by Crippen LogP contribution is 2.27. The van der Waals surface area contributed by atoms with Gasteiger partial charge in [0.25, 0.3) is 0 Å². The van der Waals surface area contributed by atoms with Gasteiger partial charge in [-0.3, -0.25) is 4.90 Å². The van der Waals surface area contributed by atoms with Crippen molar-refractivity contribution < 1.29 is 0 Å². The topological polar surface area (TPSA) is 18.5 Å². The maximum absolute atomic E-state index is 3.65. The zero-order valence-corrected chi connectivity index (χ0v) is 11.9. The van der Waals surface area contributed by atoms with E-state index < -0.39 is 0 Å². The maximum Gasteiger partial charge on any atom is 0.0209 e. The van der Waals surface area contributed by atoms with Crippen molar-refractivity contribution in [1.29, 1.82) is 0 Å². The van der Waals surface area contributed by atoms with Gasteiger partial charge in [-0.2, -0.15) is 0 Å². The van der Waals surface area contributed by atoms with Crippen LogP contribution < -0.4 is 5.32 Å². The van der Waals surface area contributed by atoms with Gasteiger partial charge in [-0.1, -0.05) is 13.8 Å². The van der Waals surface area contributed by atoms with Crippen molar-refractivity contribution >= 4 is 0 Å². The zero-order valence-electron chi connectivity index (χ0n) is 11.9. The van der Waals surface area contributed by atoms with Crippen LogP contribution in [0.1, 0.15) is 40.0 Å². The van der Waals surface area contributed by atoms with Crippen LogP contribution in [-0.4, -0.2) is 60.6 Å². The molecule has 1 N–H and O–H groups in total. The first kappa shape index (κ1) is 13.3. The Bertz CT molecular complexity index is 238. The highest BCUT2D eigenvalue weighted by atomic mass is 15.3. The van der Waals surface area contributed by atoms with E-state index in [1.165, 1.54) is 38.9 Å². The van der Waals surface area contributed by atoms with E-state index in [9.17, 15) is 0 Å². The molecular weight excluding hydrogens is 210 g/mol. The van der Waals surface area contributed by atoms with Gasteiger partial charge in [-0.15, -0.1) is 0 Å². The summed E-state index contributed by atoms with van der Waals surface area (Å²) in [5, 5.41) is 3.65. The molecule has 3 nitrogen and oxygen atoms in total. The maximum atomic E-state index is 3.65. The van der Waals surface area contributed by atoms with Gasteiger partial charge in [-0.05, 0) is 39.8 Å². The quantitative estimate of drug-likeness (QED) is 0.758. The lowest BCUT2D eigenvalue weighted by Crippen LogP contribution is -2.42. The van der Waals surface area contributed by atoms with E-state index in [1.807, 2.05) is 0 Å². The van der Waals surface area contributed by atoms with Crippen LogP contribution >= 0.6 is 0 Å². The summed E-state index contributed by atoms with van der Waals surface area (Å²) in [5.41, 5.74) is 0. The van der Waals surface area contributed by atoms with Crippen molar-refractivity contribution in [1.82, 2.24) is 15.1 Å². The summed E-state index contributed by atoms with van der Waals surface area (Å²) in [6.45, 7) is 10.6. The van der Waals surface area contributed by atoms with E-state index in [0.29, 0.717) is 18.1 Å². The number of likely N-dealkylation sites (N-methyl/N-ethyl adjacent to an activating group) is 1. The Labute approximate surface area is 107 Å². The van der Waals surface area contributed by atoms with E-state index >= 15 is 0 Å². The van der Waals surface area contributed by atoms with Gasteiger partial charge < -0.3 is 10.2 Å². The average Bonchev–Trinajstić information content (AvgIpc) is 3.01. The fourth-order valence-corrected chi connectivity index (χ4v) is 2.95. The Kier molecular flexibility index (Phi) is 4.45. The molecule has 1 aliphatic heterocycles. The molecule has 0 radical (unpaired) electrons. The van der Waals surface area contributed by atoms with Gasteiger partial charge in [0.05, 0.1) is 0 Å². The number of hydrogen-bond donors (Lipinski definition) is 1. The molecule has 0 bridgehead atoms. The lowest BCUT2D eigenvalue weighted by molar-refractivity contribution is 0.183. The minimum atomic E-state index is 0.617. The van der Waals surface area contributed by atoms with Crippen molar-refractivity contribution in [2.75, 3.05) is 26.7 Å². The number of likely N-dealkylation sites (tertiary alicyclic amines) is 1. The SMILES string of the molecule is CC(C)NC1CCN(CC(C)N(C)C2CC2)C1. The number of nitrogens with one attached hydrogen (secondary N) is 1. The molecule has 1 aliphatic carbocycles. The molecule has 0 aromatic carbocycles. The fourth-order valence-electron chi connectivity index (χ4n) is 2.95. The molecule has 2 fully saturated rings. The van der Waals surface area contributed by atoms with Crippen LogP contribution in [0, 0.1) is 0 Å². The summed E-state index contributed by atoms with van der Waals surface area (Å²) in [5.74, 6) is 0. The minimum Gasteiger partial charge on any atom is -0.310 e. The Morgan fingerprint density at radius 1 is 1.24 bits per heavy atom. The lowest BCUT2D eigenvalue weighted by Gasteiger charge is -2.29. The molecule has 2 unspecified atom stereocenters. The van der Waals surface area contributed by atoms with Gasteiger partial charge in [0.15, 0.2) is 0 Å². The highest BCUT2D eigenvalue weighted by Gasteiger charge is 2.31. The van der Waals surface area contributed by atoms with Gasteiger partial charge in [0, 0.05) is 37.3 Å².